The number of thiophene rings is 1. The van der Waals surface area contributed by atoms with Crippen molar-refractivity contribution in [3.8, 4) is 0 Å². The van der Waals surface area contributed by atoms with Gasteiger partial charge in [0.1, 0.15) is 0 Å². The summed E-state index contributed by atoms with van der Waals surface area (Å²) in [7, 11) is 0. The van der Waals surface area contributed by atoms with Crippen LogP contribution in [0.4, 0.5) is 0 Å². The molecule has 19 heavy (non-hydrogen) atoms. The molecule has 5 heteroatoms. The molecule has 0 aromatic carbocycles. The standard InChI is InChI=1S/C14H23N3OS/c1-11(12-4-9-19-10-12)16-13(18)14(2,3)17-7-5-15-6-8-17/h4,9-11,15H,5-8H2,1-3H3,(H,16,18). The molecule has 1 aliphatic rings. The molecule has 0 spiro atoms. The molecular weight excluding hydrogens is 258 g/mol. The van der Waals surface area contributed by atoms with Crippen molar-refractivity contribution in [1.82, 2.24) is 15.5 Å². The number of piperazine rings is 1. The smallest absolute Gasteiger partial charge is 0.240 e. The van der Waals surface area contributed by atoms with Gasteiger partial charge in [-0.05, 0) is 43.2 Å². The van der Waals surface area contributed by atoms with Gasteiger partial charge in [-0.2, -0.15) is 11.3 Å². The van der Waals surface area contributed by atoms with Crippen LogP contribution in [0.2, 0.25) is 0 Å². The van der Waals surface area contributed by atoms with Gasteiger partial charge in [-0.15, -0.1) is 0 Å². The highest BCUT2D eigenvalue weighted by molar-refractivity contribution is 7.07. The van der Waals surface area contributed by atoms with Crippen LogP contribution in [0.25, 0.3) is 0 Å². The fraction of sp³-hybridized carbons (Fsp3) is 0.643. The van der Waals surface area contributed by atoms with E-state index in [9.17, 15) is 4.79 Å². The van der Waals surface area contributed by atoms with Crippen LogP contribution in [0.3, 0.4) is 0 Å². The maximum atomic E-state index is 12.5. The first-order chi connectivity index (χ1) is 9.01. The lowest BCUT2D eigenvalue weighted by Crippen LogP contribution is -2.60. The van der Waals surface area contributed by atoms with Crippen LogP contribution in [-0.4, -0.2) is 42.5 Å². The van der Waals surface area contributed by atoms with Crippen LogP contribution in [-0.2, 0) is 4.79 Å². The monoisotopic (exact) mass is 281 g/mol. The van der Waals surface area contributed by atoms with E-state index in [-0.39, 0.29) is 11.9 Å². The average molecular weight is 281 g/mol. The molecule has 2 heterocycles. The Bertz CT molecular complexity index is 410. The molecule has 0 radical (unpaired) electrons. The Balaban J connectivity index is 1.97. The molecule has 1 saturated heterocycles. The van der Waals surface area contributed by atoms with Crippen molar-refractivity contribution < 1.29 is 4.79 Å². The zero-order chi connectivity index (χ0) is 13.9. The molecule has 0 aliphatic carbocycles. The predicted octanol–water partition coefficient (Wildman–Crippen LogP) is 1.61. The van der Waals surface area contributed by atoms with Gasteiger partial charge in [0.05, 0.1) is 11.6 Å². The number of carbonyl (C=O) groups is 1. The summed E-state index contributed by atoms with van der Waals surface area (Å²) in [5, 5.41) is 10.6. The maximum Gasteiger partial charge on any atom is 0.240 e. The Morgan fingerprint density at radius 1 is 1.47 bits per heavy atom. The van der Waals surface area contributed by atoms with Crippen molar-refractivity contribution in [1.29, 1.82) is 0 Å². The normalized spacial score (nSPS) is 19.1. The number of amides is 1. The first-order valence-electron chi connectivity index (χ1n) is 6.80. The van der Waals surface area contributed by atoms with E-state index < -0.39 is 5.54 Å². The van der Waals surface area contributed by atoms with Gasteiger partial charge in [0, 0.05) is 26.2 Å². The van der Waals surface area contributed by atoms with Crippen LogP contribution in [0.15, 0.2) is 16.8 Å². The van der Waals surface area contributed by atoms with Crippen LogP contribution in [0, 0.1) is 0 Å². The van der Waals surface area contributed by atoms with Crippen LogP contribution in [0.5, 0.6) is 0 Å². The fourth-order valence-electron chi connectivity index (χ4n) is 2.35. The number of nitrogens with one attached hydrogen (secondary N) is 2. The maximum absolute atomic E-state index is 12.5. The van der Waals surface area contributed by atoms with Gasteiger partial charge in [-0.1, -0.05) is 0 Å². The van der Waals surface area contributed by atoms with E-state index in [1.807, 2.05) is 26.2 Å². The second-order valence-electron chi connectivity index (χ2n) is 5.55. The molecule has 0 saturated carbocycles. The molecule has 2 N–H and O–H groups in total. The predicted molar refractivity (Wildman–Crippen MR) is 79.4 cm³/mol. The third-order valence-electron chi connectivity index (χ3n) is 3.85. The quantitative estimate of drug-likeness (QED) is 0.881. The molecule has 4 nitrogen and oxygen atoms in total. The van der Waals surface area contributed by atoms with E-state index >= 15 is 0 Å². The number of hydrogen-bond acceptors (Lipinski definition) is 4. The lowest BCUT2D eigenvalue weighted by atomic mass is 9.99. The summed E-state index contributed by atoms with van der Waals surface area (Å²) in [6.45, 7) is 9.81. The lowest BCUT2D eigenvalue weighted by Gasteiger charge is -2.40. The van der Waals surface area contributed by atoms with E-state index in [2.05, 4.69) is 27.0 Å². The second-order valence-corrected chi connectivity index (χ2v) is 6.33. The Morgan fingerprint density at radius 2 is 2.16 bits per heavy atom. The first kappa shape index (κ1) is 14.5. The highest BCUT2D eigenvalue weighted by Crippen LogP contribution is 2.20. The van der Waals surface area contributed by atoms with Gasteiger partial charge in [0.15, 0.2) is 0 Å². The molecule has 106 valence electrons. The topological polar surface area (TPSA) is 44.4 Å². The van der Waals surface area contributed by atoms with Gasteiger partial charge >= 0.3 is 0 Å². The Hall–Kier alpha value is -0.910. The van der Waals surface area contributed by atoms with Gasteiger partial charge < -0.3 is 10.6 Å². The summed E-state index contributed by atoms with van der Waals surface area (Å²) in [4.78, 5) is 14.7. The molecule has 1 atom stereocenters. The number of nitrogens with zero attached hydrogens (tertiary/aromatic N) is 1. The molecule has 0 bridgehead atoms. The van der Waals surface area contributed by atoms with Crippen molar-refractivity contribution in [3.63, 3.8) is 0 Å². The molecule has 1 unspecified atom stereocenters. The lowest BCUT2D eigenvalue weighted by molar-refractivity contribution is -0.132. The Kier molecular flexibility index (Phi) is 4.60. The van der Waals surface area contributed by atoms with Crippen molar-refractivity contribution in [2.24, 2.45) is 0 Å². The summed E-state index contributed by atoms with van der Waals surface area (Å²) >= 11 is 1.66. The minimum Gasteiger partial charge on any atom is -0.348 e. The van der Waals surface area contributed by atoms with Crippen LogP contribution < -0.4 is 10.6 Å². The minimum absolute atomic E-state index is 0.0703. The molecule has 2 rings (SSSR count). The molecule has 1 aromatic rings. The first-order valence-corrected chi connectivity index (χ1v) is 7.75. The molecule has 1 aromatic heterocycles. The number of carbonyl (C=O) groups excluding carboxylic acids is 1. The third-order valence-corrected chi connectivity index (χ3v) is 4.56. The molecular formula is C14H23N3OS. The van der Waals surface area contributed by atoms with E-state index in [1.54, 1.807) is 11.3 Å². The zero-order valence-corrected chi connectivity index (χ0v) is 12.7. The summed E-state index contributed by atoms with van der Waals surface area (Å²) < 4.78 is 0. The van der Waals surface area contributed by atoms with Gasteiger partial charge in [0.2, 0.25) is 5.91 Å². The van der Waals surface area contributed by atoms with Gasteiger partial charge in [-0.25, -0.2) is 0 Å². The van der Waals surface area contributed by atoms with Crippen LogP contribution >= 0.6 is 11.3 Å². The summed E-state index contributed by atoms with van der Waals surface area (Å²) in [6, 6.07) is 2.13. The third kappa shape index (κ3) is 3.35. The molecule has 1 amide bonds. The van der Waals surface area contributed by atoms with Crippen molar-refractivity contribution in [2.45, 2.75) is 32.4 Å². The minimum atomic E-state index is -0.452. The highest BCUT2D eigenvalue weighted by Gasteiger charge is 2.35. The average Bonchev–Trinajstić information content (AvgIpc) is 2.93. The Morgan fingerprint density at radius 3 is 2.74 bits per heavy atom. The summed E-state index contributed by atoms with van der Waals surface area (Å²) in [6.07, 6.45) is 0. The second kappa shape index (κ2) is 6.03. The van der Waals surface area contributed by atoms with E-state index in [0.717, 1.165) is 26.2 Å². The Labute approximate surface area is 119 Å². The zero-order valence-electron chi connectivity index (χ0n) is 11.9. The van der Waals surface area contributed by atoms with E-state index in [4.69, 9.17) is 0 Å². The largest absolute Gasteiger partial charge is 0.348 e. The van der Waals surface area contributed by atoms with Gasteiger partial charge in [-0.3, -0.25) is 9.69 Å². The highest BCUT2D eigenvalue weighted by atomic mass is 32.1. The van der Waals surface area contributed by atoms with E-state index in [1.165, 1.54) is 5.56 Å². The summed E-state index contributed by atoms with van der Waals surface area (Å²) in [5.41, 5.74) is 0.723. The molecule has 1 fully saturated rings. The van der Waals surface area contributed by atoms with Crippen molar-refractivity contribution in [3.05, 3.63) is 22.4 Å². The van der Waals surface area contributed by atoms with Gasteiger partial charge in [0.25, 0.3) is 0 Å². The van der Waals surface area contributed by atoms with Crippen LogP contribution in [0.1, 0.15) is 32.4 Å². The van der Waals surface area contributed by atoms with Crippen molar-refractivity contribution >= 4 is 17.2 Å². The number of rotatable bonds is 4. The SMILES string of the molecule is CC(NC(=O)C(C)(C)N1CCNCC1)c1ccsc1. The van der Waals surface area contributed by atoms with E-state index in [0.29, 0.717) is 0 Å². The van der Waals surface area contributed by atoms with Crippen molar-refractivity contribution in [2.75, 3.05) is 26.2 Å². The molecule has 1 aliphatic heterocycles. The fourth-order valence-corrected chi connectivity index (χ4v) is 3.10. The number of hydrogen-bond donors (Lipinski definition) is 2. The summed E-state index contributed by atoms with van der Waals surface area (Å²) in [5.74, 6) is 0.105.